The lowest BCUT2D eigenvalue weighted by atomic mass is 10.1. The second kappa shape index (κ2) is 5.29. The van der Waals surface area contributed by atoms with Gasteiger partial charge in [0, 0.05) is 14.6 Å². The Morgan fingerprint density at radius 3 is 2.74 bits per heavy atom. The number of hydrogen-bond donors (Lipinski definition) is 1. The van der Waals surface area contributed by atoms with E-state index in [0.717, 1.165) is 17.3 Å². The summed E-state index contributed by atoms with van der Waals surface area (Å²) in [4.78, 5) is 0. The van der Waals surface area contributed by atoms with Gasteiger partial charge in [0.15, 0.2) is 0 Å². The number of aryl methyl sites for hydroxylation is 1. The first kappa shape index (κ1) is 13.2. The van der Waals surface area contributed by atoms with Crippen molar-refractivity contribution in [1.29, 1.82) is 0 Å². The van der Waals surface area contributed by atoms with Crippen molar-refractivity contribution in [3.63, 3.8) is 0 Å². The minimum Gasteiger partial charge on any atom is -0.378 e. The molecule has 0 heterocycles. The number of hydrogen-bond acceptors (Lipinski definition) is 1. The molecule has 1 atom stereocenters. The number of fused-ring (bicyclic) bond motifs is 1. The highest BCUT2D eigenvalue weighted by atomic mass is 79.9. The molecule has 1 unspecified atom stereocenters. The van der Waals surface area contributed by atoms with Crippen LogP contribution in [0.1, 0.15) is 29.2 Å². The summed E-state index contributed by atoms with van der Waals surface area (Å²) < 4.78 is 2.40. The van der Waals surface area contributed by atoms with E-state index < -0.39 is 0 Å². The smallest absolute Gasteiger partial charge is 0.0520 e. The molecule has 19 heavy (non-hydrogen) atoms. The highest BCUT2D eigenvalue weighted by Crippen LogP contribution is 2.37. The Morgan fingerprint density at radius 2 is 1.95 bits per heavy atom. The largest absolute Gasteiger partial charge is 0.378 e. The van der Waals surface area contributed by atoms with Crippen LogP contribution in [-0.4, -0.2) is 0 Å². The van der Waals surface area contributed by atoms with Crippen LogP contribution in [0.4, 0.5) is 5.69 Å². The maximum atomic E-state index is 3.65. The van der Waals surface area contributed by atoms with Crippen molar-refractivity contribution >= 4 is 37.5 Å². The fraction of sp³-hybridized carbons (Fsp3) is 0.250. The Morgan fingerprint density at radius 1 is 1.11 bits per heavy atom. The minimum atomic E-state index is 0.424. The Balaban J connectivity index is 1.86. The van der Waals surface area contributed by atoms with Gasteiger partial charge in [-0.05, 0) is 60.7 Å². The third-order valence-electron chi connectivity index (χ3n) is 3.71. The van der Waals surface area contributed by atoms with Crippen molar-refractivity contribution in [2.45, 2.75) is 25.8 Å². The summed E-state index contributed by atoms with van der Waals surface area (Å²) in [7, 11) is 0. The lowest BCUT2D eigenvalue weighted by molar-refractivity contribution is 0.762. The first-order chi connectivity index (χ1) is 9.15. The second-order valence-corrected chi connectivity index (χ2v) is 6.72. The lowest BCUT2D eigenvalue weighted by Crippen LogP contribution is -2.07. The zero-order valence-electron chi connectivity index (χ0n) is 10.7. The SMILES string of the molecule is Cc1cc(NC2CCc3c(Br)cccc32)ccc1Br. The van der Waals surface area contributed by atoms with E-state index in [2.05, 4.69) is 80.5 Å². The molecule has 3 rings (SSSR count). The van der Waals surface area contributed by atoms with Crippen molar-refractivity contribution in [2.24, 2.45) is 0 Å². The van der Waals surface area contributed by atoms with Gasteiger partial charge in [0.25, 0.3) is 0 Å². The number of halogens is 2. The molecule has 3 heteroatoms. The lowest BCUT2D eigenvalue weighted by Gasteiger charge is -2.16. The molecule has 0 saturated carbocycles. The molecule has 1 nitrogen and oxygen atoms in total. The second-order valence-electron chi connectivity index (χ2n) is 5.01. The molecular weight excluding hydrogens is 366 g/mol. The molecular formula is C16H15Br2N. The van der Waals surface area contributed by atoms with E-state index in [9.17, 15) is 0 Å². The molecule has 0 radical (unpaired) electrons. The number of rotatable bonds is 2. The molecule has 0 aliphatic heterocycles. The average Bonchev–Trinajstić information content (AvgIpc) is 2.79. The zero-order chi connectivity index (χ0) is 13.4. The molecule has 2 aromatic rings. The van der Waals surface area contributed by atoms with Gasteiger partial charge in [0.2, 0.25) is 0 Å². The van der Waals surface area contributed by atoms with Crippen molar-refractivity contribution < 1.29 is 0 Å². The average molecular weight is 381 g/mol. The molecule has 0 aromatic heterocycles. The van der Waals surface area contributed by atoms with Gasteiger partial charge in [0.05, 0.1) is 6.04 Å². The third-order valence-corrected chi connectivity index (χ3v) is 5.35. The van der Waals surface area contributed by atoms with Gasteiger partial charge in [-0.15, -0.1) is 0 Å². The quantitative estimate of drug-likeness (QED) is 0.712. The number of nitrogens with one attached hydrogen (secondary N) is 1. The predicted molar refractivity (Wildman–Crippen MR) is 87.7 cm³/mol. The molecule has 0 saturated heterocycles. The summed E-state index contributed by atoms with van der Waals surface area (Å²) in [5, 5.41) is 3.65. The minimum absolute atomic E-state index is 0.424. The summed E-state index contributed by atoms with van der Waals surface area (Å²) in [6.07, 6.45) is 2.30. The zero-order valence-corrected chi connectivity index (χ0v) is 13.9. The van der Waals surface area contributed by atoms with Crippen LogP contribution in [0.5, 0.6) is 0 Å². The van der Waals surface area contributed by atoms with Crippen LogP contribution in [0, 0.1) is 6.92 Å². The third kappa shape index (κ3) is 2.59. The van der Waals surface area contributed by atoms with E-state index in [4.69, 9.17) is 0 Å². The van der Waals surface area contributed by atoms with Gasteiger partial charge in [-0.3, -0.25) is 0 Å². The van der Waals surface area contributed by atoms with E-state index in [-0.39, 0.29) is 0 Å². The highest BCUT2D eigenvalue weighted by molar-refractivity contribution is 9.10. The molecule has 0 fully saturated rings. The van der Waals surface area contributed by atoms with Gasteiger partial charge in [-0.2, -0.15) is 0 Å². The van der Waals surface area contributed by atoms with Crippen LogP contribution in [0.3, 0.4) is 0 Å². The first-order valence-corrected chi connectivity index (χ1v) is 8.04. The van der Waals surface area contributed by atoms with E-state index in [1.807, 2.05) is 0 Å². The topological polar surface area (TPSA) is 12.0 Å². The van der Waals surface area contributed by atoms with Gasteiger partial charge >= 0.3 is 0 Å². The molecule has 98 valence electrons. The van der Waals surface area contributed by atoms with Crippen LogP contribution in [-0.2, 0) is 6.42 Å². The molecule has 0 bridgehead atoms. The van der Waals surface area contributed by atoms with Gasteiger partial charge in [0.1, 0.15) is 0 Å². The summed E-state index contributed by atoms with van der Waals surface area (Å²) >= 11 is 7.19. The standard InChI is InChI=1S/C16H15Br2N/c1-10-9-11(5-7-14(10)17)19-16-8-6-12-13(16)3-2-4-15(12)18/h2-5,7,9,16,19H,6,8H2,1H3. The predicted octanol–water partition coefficient (Wildman–Crippen LogP) is 5.62. The summed E-state index contributed by atoms with van der Waals surface area (Å²) in [6.45, 7) is 2.12. The van der Waals surface area contributed by atoms with E-state index in [1.54, 1.807) is 0 Å². The van der Waals surface area contributed by atoms with Crippen molar-refractivity contribution in [3.8, 4) is 0 Å². The van der Waals surface area contributed by atoms with Crippen LogP contribution >= 0.6 is 31.9 Å². The molecule has 2 aromatic carbocycles. The van der Waals surface area contributed by atoms with Gasteiger partial charge in [-0.25, -0.2) is 0 Å². The Hall–Kier alpha value is -0.800. The van der Waals surface area contributed by atoms with Gasteiger partial charge in [-0.1, -0.05) is 44.0 Å². The Bertz CT molecular complexity index is 622. The normalized spacial score (nSPS) is 17.3. The monoisotopic (exact) mass is 379 g/mol. The van der Waals surface area contributed by atoms with Gasteiger partial charge < -0.3 is 5.32 Å². The summed E-state index contributed by atoms with van der Waals surface area (Å²) in [6, 6.07) is 13.3. The molecule has 1 aliphatic carbocycles. The summed E-state index contributed by atoms with van der Waals surface area (Å²) in [5.74, 6) is 0. The fourth-order valence-corrected chi connectivity index (χ4v) is 3.52. The number of anilines is 1. The van der Waals surface area contributed by atoms with Crippen LogP contribution in [0.25, 0.3) is 0 Å². The van der Waals surface area contributed by atoms with Crippen molar-refractivity contribution in [1.82, 2.24) is 0 Å². The molecule has 0 spiro atoms. The highest BCUT2D eigenvalue weighted by Gasteiger charge is 2.23. The fourth-order valence-electron chi connectivity index (χ4n) is 2.70. The van der Waals surface area contributed by atoms with Crippen LogP contribution in [0.15, 0.2) is 45.3 Å². The Labute approximate surface area is 130 Å². The van der Waals surface area contributed by atoms with E-state index >= 15 is 0 Å². The van der Waals surface area contributed by atoms with Crippen molar-refractivity contribution in [3.05, 3.63) is 62.0 Å². The first-order valence-electron chi connectivity index (χ1n) is 6.45. The molecule has 1 aliphatic rings. The van der Waals surface area contributed by atoms with E-state index in [0.29, 0.717) is 6.04 Å². The summed E-state index contributed by atoms with van der Waals surface area (Å²) in [5.41, 5.74) is 5.33. The maximum Gasteiger partial charge on any atom is 0.0520 e. The van der Waals surface area contributed by atoms with Crippen molar-refractivity contribution in [2.75, 3.05) is 5.32 Å². The Kier molecular flexibility index (Phi) is 3.68. The van der Waals surface area contributed by atoms with E-state index in [1.165, 1.54) is 26.9 Å². The van der Waals surface area contributed by atoms with Crippen LogP contribution in [0.2, 0.25) is 0 Å². The maximum absolute atomic E-state index is 3.65. The number of benzene rings is 2. The molecule has 1 N–H and O–H groups in total. The van der Waals surface area contributed by atoms with Crippen LogP contribution < -0.4 is 5.32 Å². The molecule has 0 amide bonds.